The molecule has 88 valence electrons. The summed E-state index contributed by atoms with van der Waals surface area (Å²) in [5.41, 5.74) is -0.256. The number of ether oxygens (including phenoxy) is 1. The van der Waals surface area contributed by atoms with Crippen molar-refractivity contribution in [2.75, 3.05) is 12.9 Å². The average Bonchev–Trinajstić information content (AvgIpc) is 2.27. The second kappa shape index (κ2) is 5.37. The van der Waals surface area contributed by atoms with Gasteiger partial charge < -0.3 is 9.84 Å². The summed E-state index contributed by atoms with van der Waals surface area (Å²) in [7, 11) is 1.27. The van der Waals surface area contributed by atoms with Crippen LogP contribution in [0.15, 0.2) is 29.2 Å². The number of thioether (sulfide) groups is 1. The number of aryl methyl sites for hydroxylation is 1. The lowest BCUT2D eigenvalue weighted by molar-refractivity contribution is -0.158. The van der Waals surface area contributed by atoms with Crippen LogP contribution < -0.4 is 0 Å². The van der Waals surface area contributed by atoms with Gasteiger partial charge in [-0.2, -0.15) is 0 Å². The highest BCUT2D eigenvalue weighted by Gasteiger charge is 2.31. The Kier molecular flexibility index (Phi) is 4.38. The molecule has 1 N–H and O–H groups in total. The molecular weight excluding hydrogens is 224 g/mol. The first-order valence-corrected chi connectivity index (χ1v) is 5.94. The van der Waals surface area contributed by atoms with E-state index in [1.165, 1.54) is 31.4 Å². The number of hydrogen-bond acceptors (Lipinski definition) is 4. The molecule has 0 aliphatic rings. The molecule has 0 saturated carbocycles. The largest absolute Gasteiger partial charge is 0.467 e. The third-order valence-electron chi connectivity index (χ3n) is 2.17. The third kappa shape index (κ3) is 3.54. The third-order valence-corrected chi connectivity index (χ3v) is 3.48. The van der Waals surface area contributed by atoms with Crippen LogP contribution in [0.4, 0.5) is 0 Å². The summed E-state index contributed by atoms with van der Waals surface area (Å²) < 4.78 is 4.52. The first-order valence-electron chi connectivity index (χ1n) is 4.96. The molecule has 0 aliphatic heterocycles. The number of carbonyl (C=O) groups is 1. The number of benzene rings is 1. The zero-order valence-electron chi connectivity index (χ0n) is 9.69. The molecule has 0 heterocycles. The lowest BCUT2D eigenvalue weighted by Crippen LogP contribution is -2.38. The Morgan fingerprint density at radius 1 is 1.44 bits per heavy atom. The molecule has 4 heteroatoms. The Morgan fingerprint density at radius 2 is 2.00 bits per heavy atom. The molecule has 0 unspecified atom stereocenters. The van der Waals surface area contributed by atoms with Gasteiger partial charge in [0, 0.05) is 10.6 Å². The molecule has 0 spiro atoms. The Hall–Kier alpha value is -1.00. The Morgan fingerprint density at radius 3 is 2.50 bits per heavy atom. The maximum atomic E-state index is 11.2. The van der Waals surface area contributed by atoms with Crippen molar-refractivity contribution in [3.63, 3.8) is 0 Å². The van der Waals surface area contributed by atoms with Crippen molar-refractivity contribution in [1.82, 2.24) is 0 Å². The molecule has 0 radical (unpaired) electrons. The minimum atomic E-state index is -1.44. The summed E-state index contributed by atoms with van der Waals surface area (Å²) in [6.45, 7) is 3.47. The number of carbonyl (C=O) groups excluding carboxylic acids is 1. The van der Waals surface area contributed by atoms with Gasteiger partial charge in [0.2, 0.25) is 0 Å². The van der Waals surface area contributed by atoms with Crippen LogP contribution in [0.2, 0.25) is 0 Å². The van der Waals surface area contributed by atoms with E-state index in [1.54, 1.807) is 0 Å². The van der Waals surface area contributed by atoms with Gasteiger partial charge in [0.05, 0.1) is 7.11 Å². The van der Waals surface area contributed by atoms with Crippen LogP contribution in [0, 0.1) is 6.92 Å². The van der Waals surface area contributed by atoms with E-state index in [0.29, 0.717) is 0 Å². The Labute approximate surface area is 99.8 Å². The van der Waals surface area contributed by atoms with Gasteiger partial charge in [-0.3, -0.25) is 0 Å². The SMILES string of the molecule is COC(=O)[C@](C)(O)CSc1ccc(C)cc1. The van der Waals surface area contributed by atoms with Gasteiger partial charge in [-0.05, 0) is 26.0 Å². The van der Waals surface area contributed by atoms with Crippen molar-refractivity contribution in [3.05, 3.63) is 29.8 Å². The summed E-state index contributed by atoms with van der Waals surface area (Å²) in [5, 5.41) is 9.80. The highest BCUT2D eigenvalue weighted by Crippen LogP contribution is 2.23. The molecule has 0 bridgehead atoms. The van der Waals surface area contributed by atoms with Crippen LogP contribution in [0.3, 0.4) is 0 Å². The first kappa shape index (κ1) is 13.1. The van der Waals surface area contributed by atoms with Gasteiger partial charge in [-0.15, -0.1) is 11.8 Å². The fraction of sp³-hybridized carbons (Fsp3) is 0.417. The van der Waals surface area contributed by atoms with E-state index in [9.17, 15) is 9.90 Å². The number of aliphatic hydroxyl groups is 1. The lowest BCUT2D eigenvalue weighted by Gasteiger charge is -2.19. The van der Waals surface area contributed by atoms with Crippen molar-refractivity contribution < 1.29 is 14.6 Å². The summed E-state index contributed by atoms with van der Waals surface area (Å²) in [6.07, 6.45) is 0. The molecule has 1 aromatic carbocycles. The van der Waals surface area contributed by atoms with Crippen LogP contribution in [0.5, 0.6) is 0 Å². The standard InChI is InChI=1S/C12H16O3S/c1-9-4-6-10(7-5-9)16-8-12(2,14)11(13)15-3/h4-7,14H,8H2,1-3H3/t12-/m1/s1. The molecule has 0 amide bonds. The van der Waals surface area contributed by atoms with Crippen molar-refractivity contribution in [1.29, 1.82) is 0 Å². The van der Waals surface area contributed by atoms with Gasteiger partial charge >= 0.3 is 5.97 Å². The molecule has 16 heavy (non-hydrogen) atoms. The van der Waals surface area contributed by atoms with E-state index < -0.39 is 11.6 Å². The summed E-state index contributed by atoms with van der Waals surface area (Å²) in [5.74, 6) is -0.324. The number of esters is 1. The number of rotatable bonds is 4. The lowest BCUT2D eigenvalue weighted by atomic mass is 10.1. The summed E-state index contributed by atoms with van der Waals surface area (Å²) in [6, 6.07) is 7.92. The van der Waals surface area contributed by atoms with E-state index in [4.69, 9.17) is 0 Å². The molecular formula is C12H16O3S. The van der Waals surface area contributed by atoms with Crippen molar-refractivity contribution >= 4 is 17.7 Å². The second-order valence-corrected chi connectivity index (χ2v) is 4.92. The Balaban J connectivity index is 2.57. The van der Waals surface area contributed by atoms with E-state index in [1.807, 2.05) is 31.2 Å². The minimum Gasteiger partial charge on any atom is -0.467 e. The Bertz CT molecular complexity index is 357. The van der Waals surface area contributed by atoms with Crippen molar-refractivity contribution in [2.45, 2.75) is 24.3 Å². The maximum Gasteiger partial charge on any atom is 0.338 e. The van der Waals surface area contributed by atoms with E-state index in [-0.39, 0.29) is 5.75 Å². The fourth-order valence-electron chi connectivity index (χ4n) is 1.14. The van der Waals surface area contributed by atoms with E-state index >= 15 is 0 Å². The quantitative estimate of drug-likeness (QED) is 0.646. The zero-order chi connectivity index (χ0) is 12.2. The summed E-state index contributed by atoms with van der Waals surface area (Å²) in [4.78, 5) is 12.2. The smallest absolute Gasteiger partial charge is 0.338 e. The van der Waals surface area contributed by atoms with Crippen molar-refractivity contribution in [3.8, 4) is 0 Å². The average molecular weight is 240 g/mol. The van der Waals surface area contributed by atoms with Gasteiger partial charge in [-0.1, -0.05) is 17.7 Å². The predicted octanol–water partition coefficient (Wildman–Crippen LogP) is 2.01. The van der Waals surface area contributed by atoms with Crippen LogP contribution >= 0.6 is 11.8 Å². The van der Waals surface area contributed by atoms with E-state index in [2.05, 4.69) is 4.74 Å². The fourth-order valence-corrected chi connectivity index (χ4v) is 2.03. The van der Waals surface area contributed by atoms with Gasteiger partial charge in [0.15, 0.2) is 5.60 Å². The van der Waals surface area contributed by atoms with E-state index in [0.717, 1.165) is 4.90 Å². The van der Waals surface area contributed by atoms with Gasteiger partial charge in [0.25, 0.3) is 0 Å². The molecule has 0 aliphatic carbocycles. The molecule has 1 atom stereocenters. The van der Waals surface area contributed by atoms with Gasteiger partial charge in [0.1, 0.15) is 0 Å². The van der Waals surface area contributed by atoms with Crippen LogP contribution in [0.25, 0.3) is 0 Å². The minimum absolute atomic E-state index is 0.280. The molecule has 0 saturated heterocycles. The highest BCUT2D eigenvalue weighted by atomic mass is 32.2. The van der Waals surface area contributed by atoms with Crippen LogP contribution in [-0.4, -0.2) is 29.5 Å². The summed E-state index contributed by atoms with van der Waals surface area (Å²) >= 11 is 1.43. The van der Waals surface area contributed by atoms with Gasteiger partial charge in [-0.25, -0.2) is 4.79 Å². The number of hydrogen-bond donors (Lipinski definition) is 1. The second-order valence-electron chi connectivity index (χ2n) is 3.87. The first-order chi connectivity index (χ1) is 7.45. The van der Waals surface area contributed by atoms with Crippen molar-refractivity contribution in [2.24, 2.45) is 0 Å². The molecule has 1 aromatic rings. The maximum absolute atomic E-state index is 11.2. The van der Waals surface area contributed by atoms with Crippen LogP contribution in [-0.2, 0) is 9.53 Å². The molecule has 0 fully saturated rings. The molecule has 1 rings (SSSR count). The normalized spacial score (nSPS) is 14.2. The zero-order valence-corrected chi connectivity index (χ0v) is 10.5. The van der Waals surface area contributed by atoms with Crippen LogP contribution in [0.1, 0.15) is 12.5 Å². The predicted molar refractivity (Wildman–Crippen MR) is 64.5 cm³/mol. The molecule has 3 nitrogen and oxygen atoms in total. The highest BCUT2D eigenvalue weighted by molar-refractivity contribution is 7.99. The topological polar surface area (TPSA) is 46.5 Å². The monoisotopic (exact) mass is 240 g/mol. The molecule has 0 aromatic heterocycles. The number of methoxy groups -OCH3 is 1.